The molecule has 1 saturated heterocycles. The van der Waals surface area contributed by atoms with E-state index in [-0.39, 0.29) is 22.6 Å². The van der Waals surface area contributed by atoms with E-state index in [1.807, 2.05) is 0 Å². The highest BCUT2D eigenvalue weighted by Crippen LogP contribution is 2.30. The Kier molecular flexibility index (Phi) is 5.01. The third-order valence-electron chi connectivity index (χ3n) is 3.52. The van der Waals surface area contributed by atoms with Gasteiger partial charge in [-0.2, -0.15) is 4.31 Å². The maximum Gasteiger partial charge on any atom is 0.244 e. The molecule has 1 aliphatic heterocycles. The molecule has 1 aromatic rings. The quantitative estimate of drug-likeness (QED) is 0.926. The highest BCUT2D eigenvalue weighted by molar-refractivity contribution is 7.89. The molecule has 7 heteroatoms. The molecule has 112 valence electrons. The maximum absolute atomic E-state index is 13.0. The SMILES string of the molecule is O=S(=O)(c1ccc(F)cc1Cl)N1CCCCC1CCO. The lowest BCUT2D eigenvalue weighted by atomic mass is 10.0. The third-order valence-corrected chi connectivity index (χ3v) is 5.95. The predicted molar refractivity (Wildman–Crippen MR) is 74.6 cm³/mol. The highest BCUT2D eigenvalue weighted by atomic mass is 35.5. The number of aliphatic hydroxyl groups excluding tert-OH is 1. The van der Waals surface area contributed by atoms with Gasteiger partial charge in [-0.1, -0.05) is 18.0 Å². The summed E-state index contributed by atoms with van der Waals surface area (Å²) >= 11 is 5.86. The molecule has 0 bridgehead atoms. The van der Waals surface area contributed by atoms with Crippen LogP contribution in [0, 0.1) is 5.82 Å². The normalized spacial score (nSPS) is 21.1. The van der Waals surface area contributed by atoms with E-state index in [0.29, 0.717) is 13.0 Å². The van der Waals surface area contributed by atoms with Gasteiger partial charge in [0.1, 0.15) is 10.7 Å². The number of benzene rings is 1. The van der Waals surface area contributed by atoms with Crippen LogP contribution in [0.2, 0.25) is 5.02 Å². The van der Waals surface area contributed by atoms with Crippen molar-refractivity contribution in [3.8, 4) is 0 Å². The lowest BCUT2D eigenvalue weighted by Gasteiger charge is -2.34. The molecule has 1 aromatic carbocycles. The van der Waals surface area contributed by atoms with Gasteiger partial charge in [0, 0.05) is 19.2 Å². The molecule has 1 fully saturated rings. The van der Waals surface area contributed by atoms with Crippen molar-refractivity contribution in [2.24, 2.45) is 0 Å². The number of piperidine rings is 1. The van der Waals surface area contributed by atoms with Crippen molar-refractivity contribution < 1.29 is 17.9 Å². The number of sulfonamides is 1. The molecular formula is C13H17ClFNO3S. The van der Waals surface area contributed by atoms with Crippen molar-refractivity contribution >= 4 is 21.6 Å². The summed E-state index contributed by atoms with van der Waals surface area (Å²) in [7, 11) is -3.76. The number of aliphatic hydroxyl groups is 1. The average Bonchev–Trinajstić information content (AvgIpc) is 2.39. The lowest BCUT2D eigenvalue weighted by Crippen LogP contribution is -2.44. The van der Waals surface area contributed by atoms with Gasteiger partial charge in [0.15, 0.2) is 0 Å². The fourth-order valence-corrected chi connectivity index (χ4v) is 4.77. The molecule has 2 rings (SSSR count). The Labute approximate surface area is 123 Å². The van der Waals surface area contributed by atoms with Crippen LogP contribution < -0.4 is 0 Å². The molecule has 1 N–H and O–H groups in total. The topological polar surface area (TPSA) is 57.6 Å². The fraction of sp³-hybridized carbons (Fsp3) is 0.538. The van der Waals surface area contributed by atoms with Gasteiger partial charge in [-0.25, -0.2) is 12.8 Å². The highest BCUT2D eigenvalue weighted by Gasteiger charge is 2.34. The Hall–Kier alpha value is -0.690. The van der Waals surface area contributed by atoms with Crippen molar-refractivity contribution in [3.05, 3.63) is 29.0 Å². The zero-order valence-corrected chi connectivity index (χ0v) is 12.5. The molecule has 0 radical (unpaired) electrons. The van der Waals surface area contributed by atoms with Crippen molar-refractivity contribution in [2.45, 2.75) is 36.6 Å². The van der Waals surface area contributed by atoms with Crippen molar-refractivity contribution in [2.75, 3.05) is 13.2 Å². The number of hydrogen-bond acceptors (Lipinski definition) is 3. The molecule has 20 heavy (non-hydrogen) atoms. The van der Waals surface area contributed by atoms with Crippen LogP contribution in [0.3, 0.4) is 0 Å². The van der Waals surface area contributed by atoms with Gasteiger partial charge in [-0.15, -0.1) is 0 Å². The van der Waals surface area contributed by atoms with E-state index in [0.717, 1.165) is 31.4 Å². The van der Waals surface area contributed by atoms with E-state index in [1.165, 1.54) is 10.4 Å². The maximum atomic E-state index is 13.0. The molecule has 0 amide bonds. The van der Waals surface area contributed by atoms with Crippen LogP contribution in [0.1, 0.15) is 25.7 Å². The van der Waals surface area contributed by atoms with E-state index in [9.17, 15) is 12.8 Å². The van der Waals surface area contributed by atoms with Crippen molar-refractivity contribution in [3.63, 3.8) is 0 Å². The van der Waals surface area contributed by atoms with Crippen LogP contribution >= 0.6 is 11.6 Å². The van der Waals surface area contributed by atoms with Gasteiger partial charge in [-0.3, -0.25) is 0 Å². The summed E-state index contributed by atoms with van der Waals surface area (Å²) in [5.41, 5.74) is 0. The van der Waals surface area contributed by atoms with E-state index < -0.39 is 15.8 Å². The smallest absolute Gasteiger partial charge is 0.244 e. The van der Waals surface area contributed by atoms with Crippen LogP contribution in [0.15, 0.2) is 23.1 Å². The van der Waals surface area contributed by atoms with Gasteiger partial charge in [0.05, 0.1) is 5.02 Å². The Balaban J connectivity index is 2.37. The van der Waals surface area contributed by atoms with Crippen molar-refractivity contribution in [1.29, 1.82) is 0 Å². The van der Waals surface area contributed by atoms with Gasteiger partial charge in [-0.05, 0) is 37.5 Å². The molecule has 1 atom stereocenters. The Morgan fingerprint density at radius 1 is 1.40 bits per heavy atom. The first kappa shape index (κ1) is 15.7. The second kappa shape index (κ2) is 6.39. The monoisotopic (exact) mass is 321 g/mol. The molecule has 4 nitrogen and oxygen atoms in total. The van der Waals surface area contributed by atoms with Gasteiger partial charge in [0.25, 0.3) is 0 Å². The molecule has 0 aromatic heterocycles. The first-order valence-corrected chi connectivity index (χ1v) is 8.36. The summed E-state index contributed by atoms with van der Waals surface area (Å²) in [5, 5.41) is 8.95. The van der Waals surface area contributed by atoms with Crippen LogP contribution in [0.25, 0.3) is 0 Å². The van der Waals surface area contributed by atoms with E-state index >= 15 is 0 Å². The molecular weight excluding hydrogens is 305 g/mol. The minimum atomic E-state index is -3.76. The van der Waals surface area contributed by atoms with E-state index in [1.54, 1.807) is 0 Å². The Morgan fingerprint density at radius 2 is 2.15 bits per heavy atom. The van der Waals surface area contributed by atoms with Crippen molar-refractivity contribution in [1.82, 2.24) is 4.31 Å². The largest absolute Gasteiger partial charge is 0.396 e. The summed E-state index contributed by atoms with van der Waals surface area (Å²) < 4.78 is 39.7. The molecule has 1 unspecified atom stereocenters. The number of rotatable bonds is 4. The average molecular weight is 322 g/mol. The fourth-order valence-electron chi connectivity index (χ4n) is 2.54. The summed E-state index contributed by atoms with van der Waals surface area (Å²) in [6.07, 6.45) is 2.84. The van der Waals surface area contributed by atoms with Gasteiger partial charge < -0.3 is 5.11 Å². The predicted octanol–water partition coefficient (Wildman–Crippen LogP) is 2.40. The molecule has 1 heterocycles. The molecule has 0 saturated carbocycles. The molecule has 0 spiro atoms. The Bertz CT molecular complexity index is 577. The minimum absolute atomic E-state index is 0.0617. The molecule has 0 aliphatic carbocycles. The second-order valence-corrected chi connectivity index (χ2v) is 7.12. The minimum Gasteiger partial charge on any atom is -0.396 e. The zero-order chi connectivity index (χ0) is 14.8. The van der Waals surface area contributed by atoms with E-state index in [4.69, 9.17) is 16.7 Å². The van der Waals surface area contributed by atoms with E-state index in [2.05, 4.69) is 0 Å². The van der Waals surface area contributed by atoms with Crippen LogP contribution in [0.4, 0.5) is 4.39 Å². The zero-order valence-electron chi connectivity index (χ0n) is 10.9. The summed E-state index contributed by atoms with van der Waals surface area (Å²) in [6, 6.07) is 3.06. The number of hydrogen-bond donors (Lipinski definition) is 1. The first-order valence-electron chi connectivity index (χ1n) is 6.54. The first-order chi connectivity index (χ1) is 9.46. The Morgan fingerprint density at radius 3 is 2.80 bits per heavy atom. The third kappa shape index (κ3) is 3.14. The molecule has 1 aliphatic rings. The second-order valence-electron chi connectivity index (χ2n) is 4.85. The summed E-state index contributed by atoms with van der Waals surface area (Å²) in [6.45, 7) is 0.342. The number of nitrogens with zero attached hydrogens (tertiary/aromatic N) is 1. The number of halogens is 2. The van der Waals surface area contributed by atoms with Crippen LogP contribution in [0.5, 0.6) is 0 Å². The summed E-state index contributed by atoms with van der Waals surface area (Å²) in [5.74, 6) is -0.570. The van der Waals surface area contributed by atoms with Gasteiger partial charge in [0.2, 0.25) is 10.0 Å². The standard InChI is InChI=1S/C13H17ClFNO3S/c14-12-9-10(15)4-5-13(12)20(18,19)16-7-2-1-3-11(16)6-8-17/h4-5,9,11,17H,1-3,6-8H2. The lowest BCUT2D eigenvalue weighted by molar-refractivity contribution is 0.192. The van der Waals surface area contributed by atoms with Crippen LogP contribution in [-0.4, -0.2) is 37.0 Å². The van der Waals surface area contributed by atoms with Gasteiger partial charge >= 0.3 is 0 Å². The summed E-state index contributed by atoms with van der Waals surface area (Å²) in [4.78, 5) is -0.0783. The van der Waals surface area contributed by atoms with Crippen LogP contribution in [-0.2, 0) is 10.0 Å².